The van der Waals surface area contributed by atoms with Gasteiger partial charge in [-0.25, -0.2) is 9.78 Å². The average molecular weight is 467 g/mol. The highest BCUT2D eigenvalue weighted by Crippen LogP contribution is 2.22. The van der Waals surface area contributed by atoms with Crippen LogP contribution in [0.2, 0.25) is 0 Å². The topological polar surface area (TPSA) is 99.8 Å². The largest absolute Gasteiger partial charge is 0.463 e. The Morgan fingerprint density at radius 1 is 1.15 bits per heavy atom. The zero-order valence-corrected chi connectivity index (χ0v) is 19.9. The summed E-state index contributed by atoms with van der Waals surface area (Å²) in [5, 5.41) is 22.1. The SMILES string of the molecule is CCOC(=O)/C=C/c1ccc(CNCCc2nc3cc(N(CCO)CCO)ccc3n2C)cc1. The number of aryl methyl sites for hydroxylation is 1. The lowest BCUT2D eigenvalue weighted by Crippen LogP contribution is -2.29. The number of nitrogens with zero attached hydrogens (tertiary/aromatic N) is 3. The number of hydrogen-bond acceptors (Lipinski definition) is 7. The molecule has 0 unspecified atom stereocenters. The number of aliphatic hydroxyl groups is 2. The summed E-state index contributed by atoms with van der Waals surface area (Å²) < 4.78 is 6.99. The predicted octanol–water partition coefficient (Wildman–Crippen LogP) is 2.27. The zero-order chi connectivity index (χ0) is 24.3. The number of esters is 1. The summed E-state index contributed by atoms with van der Waals surface area (Å²) >= 11 is 0. The molecule has 0 saturated carbocycles. The molecule has 0 aliphatic carbocycles. The van der Waals surface area contributed by atoms with Crippen LogP contribution in [-0.4, -0.2) is 65.2 Å². The number of carbonyl (C=O) groups excluding carboxylic acids is 1. The lowest BCUT2D eigenvalue weighted by Gasteiger charge is -2.22. The van der Waals surface area contributed by atoms with E-state index >= 15 is 0 Å². The summed E-state index contributed by atoms with van der Waals surface area (Å²) in [6.45, 7) is 4.69. The molecule has 0 aliphatic heterocycles. The van der Waals surface area contributed by atoms with E-state index in [1.54, 1.807) is 13.0 Å². The van der Waals surface area contributed by atoms with Crippen molar-refractivity contribution in [1.82, 2.24) is 14.9 Å². The Labute approximate surface area is 200 Å². The van der Waals surface area contributed by atoms with Gasteiger partial charge in [0.15, 0.2) is 0 Å². The third-order valence-corrected chi connectivity index (χ3v) is 5.59. The molecular formula is C26H34N4O4. The molecule has 3 rings (SSSR count). The Hall–Kier alpha value is -3.20. The second kappa shape index (κ2) is 12.9. The van der Waals surface area contributed by atoms with Crippen LogP contribution in [0.1, 0.15) is 23.9 Å². The maximum absolute atomic E-state index is 11.4. The quantitative estimate of drug-likeness (QED) is 0.202. The first-order chi connectivity index (χ1) is 16.5. The molecule has 0 aliphatic rings. The van der Waals surface area contributed by atoms with Crippen molar-refractivity contribution >= 4 is 28.8 Å². The number of hydrogen-bond donors (Lipinski definition) is 3. The highest BCUT2D eigenvalue weighted by atomic mass is 16.5. The number of rotatable bonds is 13. The molecule has 182 valence electrons. The molecule has 0 atom stereocenters. The third-order valence-electron chi connectivity index (χ3n) is 5.59. The maximum Gasteiger partial charge on any atom is 0.330 e. The fourth-order valence-electron chi connectivity index (χ4n) is 3.80. The molecular weight excluding hydrogens is 432 g/mol. The van der Waals surface area contributed by atoms with Crippen LogP contribution in [0.5, 0.6) is 0 Å². The number of anilines is 1. The number of carbonyl (C=O) groups is 1. The molecule has 8 heteroatoms. The van der Waals surface area contributed by atoms with E-state index < -0.39 is 0 Å². The molecule has 0 fully saturated rings. The van der Waals surface area contributed by atoms with E-state index in [4.69, 9.17) is 9.72 Å². The first kappa shape index (κ1) is 25.4. The van der Waals surface area contributed by atoms with Crippen molar-refractivity contribution in [3.8, 4) is 0 Å². The number of ether oxygens (including phenoxy) is 1. The smallest absolute Gasteiger partial charge is 0.330 e. The summed E-state index contributed by atoms with van der Waals surface area (Å²) in [5.74, 6) is 0.661. The molecule has 0 radical (unpaired) electrons. The van der Waals surface area contributed by atoms with Crippen molar-refractivity contribution in [3.63, 3.8) is 0 Å². The first-order valence-corrected chi connectivity index (χ1v) is 11.6. The second-order valence-corrected chi connectivity index (χ2v) is 7.95. The zero-order valence-electron chi connectivity index (χ0n) is 19.9. The van der Waals surface area contributed by atoms with Crippen LogP contribution in [0.25, 0.3) is 17.1 Å². The van der Waals surface area contributed by atoms with Gasteiger partial charge in [0.2, 0.25) is 0 Å². The normalized spacial score (nSPS) is 11.4. The Bertz CT molecular complexity index is 1090. The van der Waals surface area contributed by atoms with E-state index in [1.807, 2.05) is 54.4 Å². The summed E-state index contributed by atoms with van der Waals surface area (Å²) in [6, 6.07) is 14.1. The van der Waals surface area contributed by atoms with Gasteiger partial charge in [-0.05, 0) is 42.3 Å². The summed E-state index contributed by atoms with van der Waals surface area (Å²) in [6.07, 6.45) is 3.98. The van der Waals surface area contributed by atoms with Gasteiger partial charge in [0.25, 0.3) is 0 Å². The molecule has 8 nitrogen and oxygen atoms in total. The molecule has 1 aromatic heterocycles. The molecule has 3 aromatic rings. The number of aliphatic hydroxyl groups excluding tert-OH is 2. The predicted molar refractivity (Wildman–Crippen MR) is 135 cm³/mol. The number of aromatic nitrogens is 2. The van der Waals surface area contributed by atoms with Crippen LogP contribution in [-0.2, 0) is 29.5 Å². The van der Waals surface area contributed by atoms with E-state index in [0.29, 0.717) is 19.7 Å². The summed E-state index contributed by atoms with van der Waals surface area (Å²) in [4.78, 5) is 18.2. The first-order valence-electron chi connectivity index (χ1n) is 11.6. The van der Waals surface area contributed by atoms with Crippen LogP contribution in [0.15, 0.2) is 48.5 Å². The Kier molecular flexibility index (Phi) is 9.63. The second-order valence-electron chi connectivity index (χ2n) is 7.95. The van der Waals surface area contributed by atoms with Gasteiger partial charge in [-0.3, -0.25) is 0 Å². The maximum atomic E-state index is 11.4. The Morgan fingerprint density at radius 3 is 2.56 bits per heavy atom. The monoisotopic (exact) mass is 466 g/mol. The number of benzene rings is 2. The fraction of sp³-hybridized carbons (Fsp3) is 0.385. The van der Waals surface area contributed by atoms with Crippen LogP contribution >= 0.6 is 0 Å². The molecule has 3 N–H and O–H groups in total. The summed E-state index contributed by atoms with van der Waals surface area (Å²) in [5.41, 5.74) is 5.02. The van der Waals surface area contributed by atoms with Crippen molar-refractivity contribution in [1.29, 1.82) is 0 Å². The van der Waals surface area contributed by atoms with Gasteiger partial charge in [0.1, 0.15) is 5.82 Å². The van der Waals surface area contributed by atoms with Gasteiger partial charge < -0.3 is 29.7 Å². The van der Waals surface area contributed by atoms with Crippen LogP contribution < -0.4 is 10.2 Å². The van der Waals surface area contributed by atoms with Crippen LogP contribution in [0.3, 0.4) is 0 Å². The van der Waals surface area contributed by atoms with E-state index in [-0.39, 0.29) is 19.2 Å². The van der Waals surface area contributed by atoms with Crippen molar-refractivity contribution < 1.29 is 19.7 Å². The Morgan fingerprint density at radius 2 is 1.88 bits per heavy atom. The molecule has 0 spiro atoms. The van der Waals surface area contributed by atoms with Gasteiger partial charge in [0, 0.05) is 51.4 Å². The molecule has 1 heterocycles. The lowest BCUT2D eigenvalue weighted by atomic mass is 10.1. The molecule has 0 saturated heterocycles. The fourth-order valence-corrected chi connectivity index (χ4v) is 3.80. The van der Waals surface area contributed by atoms with Gasteiger partial charge in [-0.15, -0.1) is 0 Å². The molecule has 34 heavy (non-hydrogen) atoms. The standard InChI is InChI=1S/C26H34N4O4/c1-3-34-26(33)11-8-20-4-6-21(7-5-20)19-27-13-12-25-28-23-18-22(9-10-24(23)29(25)2)30(14-16-31)15-17-32/h4-11,18,27,31-32H,3,12-17,19H2,1-2H3/b11-8+. The Balaban J connectivity index is 1.54. The van der Waals surface area contributed by atoms with Crippen molar-refractivity contribution in [3.05, 3.63) is 65.5 Å². The van der Waals surface area contributed by atoms with Crippen molar-refractivity contribution in [2.75, 3.05) is 44.4 Å². The summed E-state index contributed by atoms with van der Waals surface area (Å²) in [7, 11) is 2.02. The van der Waals surface area contributed by atoms with E-state index in [1.165, 1.54) is 6.08 Å². The van der Waals surface area contributed by atoms with Gasteiger partial charge in [-0.2, -0.15) is 0 Å². The highest BCUT2D eigenvalue weighted by molar-refractivity contribution is 5.87. The minimum Gasteiger partial charge on any atom is -0.463 e. The number of fused-ring (bicyclic) bond motifs is 1. The van der Waals surface area contributed by atoms with Gasteiger partial charge >= 0.3 is 5.97 Å². The average Bonchev–Trinajstić information content (AvgIpc) is 3.16. The third kappa shape index (κ3) is 6.90. The van der Waals surface area contributed by atoms with Gasteiger partial charge in [0.05, 0.1) is 30.9 Å². The van der Waals surface area contributed by atoms with Crippen LogP contribution in [0, 0.1) is 0 Å². The van der Waals surface area contributed by atoms with E-state index in [0.717, 1.165) is 53.2 Å². The highest BCUT2D eigenvalue weighted by Gasteiger charge is 2.11. The molecule has 0 bridgehead atoms. The molecule has 2 aromatic carbocycles. The number of imidazole rings is 1. The molecule has 0 amide bonds. The van der Waals surface area contributed by atoms with Gasteiger partial charge in [-0.1, -0.05) is 24.3 Å². The lowest BCUT2D eigenvalue weighted by molar-refractivity contribution is -0.137. The minimum atomic E-state index is -0.334. The van der Waals surface area contributed by atoms with E-state index in [9.17, 15) is 15.0 Å². The number of nitrogens with one attached hydrogen (secondary N) is 1. The van der Waals surface area contributed by atoms with Crippen LogP contribution in [0.4, 0.5) is 5.69 Å². The minimum absolute atomic E-state index is 0.0319. The van der Waals surface area contributed by atoms with Crippen molar-refractivity contribution in [2.24, 2.45) is 7.05 Å². The van der Waals surface area contributed by atoms with Crippen molar-refractivity contribution in [2.45, 2.75) is 19.9 Å². The van der Waals surface area contributed by atoms with E-state index in [2.05, 4.69) is 9.88 Å².